The zero-order valence-corrected chi connectivity index (χ0v) is 19.2. The highest BCUT2D eigenvalue weighted by molar-refractivity contribution is 5.94. The molecular weight excluding hydrogens is 418 g/mol. The number of rotatable bonds is 8. The van der Waals surface area contributed by atoms with Gasteiger partial charge in [-0.05, 0) is 67.9 Å². The molecule has 2 aromatic heterocycles. The number of fused-ring (bicyclic) bond motifs is 1. The minimum Gasteiger partial charge on any atom is -0.497 e. The maximum Gasteiger partial charge on any atom is 0.251 e. The van der Waals surface area contributed by atoms with Gasteiger partial charge in [-0.1, -0.05) is 6.07 Å². The Balaban J connectivity index is 1.39. The fourth-order valence-electron chi connectivity index (χ4n) is 3.67. The van der Waals surface area contributed by atoms with Crippen molar-refractivity contribution in [3.8, 4) is 17.2 Å². The Labute approximate surface area is 192 Å². The summed E-state index contributed by atoms with van der Waals surface area (Å²) < 4.78 is 18.6. The Kier molecular flexibility index (Phi) is 6.49. The van der Waals surface area contributed by atoms with Crippen LogP contribution in [-0.4, -0.2) is 29.5 Å². The Morgan fingerprint density at radius 3 is 2.52 bits per heavy atom. The molecule has 0 bridgehead atoms. The van der Waals surface area contributed by atoms with Gasteiger partial charge in [0.2, 0.25) is 0 Å². The molecule has 1 atom stereocenters. The van der Waals surface area contributed by atoms with E-state index in [-0.39, 0.29) is 11.9 Å². The highest BCUT2D eigenvalue weighted by Gasteiger charge is 2.16. The summed E-state index contributed by atoms with van der Waals surface area (Å²) in [6.07, 6.45) is 3.92. The lowest BCUT2D eigenvalue weighted by Crippen LogP contribution is -2.26. The predicted molar refractivity (Wildman–Crippen MR) is 126 cm³/mol. The van der Waals surface area contributed by atoms with Crippen molar-refractivity contribution < 1.29 is 19.0 Å². The zero-order valence-electron chi connectivity index (χ0n) is 19.2. The van der Waals surface area contributed by atoms with E-state index in [9.17, 15) is 4.79 Å². The monoisotopic (exact) mass is 445 g/mol. The van der Waals surface area contributed by atoms with Crippen LogP contribution in [0, 0.1) is 6.92 Å². The van der Waals surface area contributed by atoms with Gasteiger partial charge in [0.1, 0.15) is 29.5 Å². The lowest BCUT2D eigenvalue weighted by Gasteiger charge is -2.18. The van der Waals surface area contributed by atoms with E-state index < -0.39 is 0 Å². The normalized spacial score (nSPS) is 11.8. The average Bonchev–Trinajstić information content (AvgIpc) is 3.27. The minimum atomic E-state index is -0.267. The first-order valence-electron chi connectivity index (χ1n) is 10.7. The van der Waals surface area contributed by atoms with Gasteiger partial charge in [-0.3, -0.25) is 4.79 Å². The van der Waals surface area contributed by atoms with Gasteiger partial charge in [-0.2, -0.15) is 0 Å². The molecule has 170 valence electrons. The molecule has 0 spiro atoms. The number of methoxy groups -OCH3 is 2. The summed E-state index contributed by atoms with van der Waals surface area (Å²) in [6, 6.07) is 16.3. The molecule has 4 rings (SSSR count). The topological polar surface area (TPSA) is 74.1 Å². The van der Waals surface area contributed by atoms with Crippen molar-refractivity contribution in [2.75, 3.05) is 14.2 Å². The molecule has 0 aliphatic rings. The molecule has 0 radical (unpaired) electrons. The maximum absolute atomic E-state index is 12.8. The van der Waals surface area contributed by atoms with Crippen molar-refractivity contribution in [3.63, 3.8) is 0 Å². The second-order valence-electron chi connectivity index (χ2n) is 7.77. The first-order valence-corrected chi connectivity index (χ1v) is 10.7. The number of hydrogen-bond acceptors (Lipinski definition) is 5. The molecule has 4 aromatic rings. The summed E-state index contributed by atoms with van der Waals surface area (Å²) in [6.45, 7) is 4.28. The molecule has 7 heteroatoms. The molecule has 0 saturated heterocycles. The molecule has 1 unspecified atom stereocenters. The molecule has 2 aromatic carbocycles. The number of ether oxygens (including phenoxy) is 3. The number of amides is 1. The third kappa shape index (κ3) is 4.92. The van der Waals surface area contributed by atoms with Gasteiger partial charge in [-0.15, -0.1) is 0 Å². The molecule has 0 fully saturated rings. The van der Waals surface area contributed by atoms with E-state index in [0.717, 1.165) is 22.5 Å². The summed E-state index contributed by atoms with van der Waals surface area (Å²) >= 11 is 0. The van der Waals surface area contributed by atoms with Crippen LogP contribution in [-0.2, 0) is 6.61 Å². The molecular formula is C26H27N3O4. The first-order chi connectivity index (χ1) is 16.0. The van der Waals surface area contributed by atoms with Gasteiger partial charge >= 0.3 is 0 Å². The molecule has 0 aliphatic carbocycles. The van der Waals surface area contributed by atoms with Crippen molar-refractivity contribution in [3.05, 3.63) is 89.4 Å². The maximum atomic E-state index is 12.8. The van der Waals surface area contributed by atoms with Crippen LogP contribution in [0.25, 0.3) is 5.65 Å². The van der Waals surface area contributed by atoms with E-state index in [0.29, 0.717) is 29.4 Å². The van der Waals surface area contributed by atoms with Gasteiger partial charge in [0.15, 0.2) is 0 Å². The highest BCUT2D eigenvalue weighted by atomic mass is 16.5. The summed E-state index contributed by atoms with van der Waals surface area (Å²) in [5.41, 5.74) is 4.25. The van der Waals surface area contributed by atoms with Crippen LogP contribution in [0.1, 0.15) is 40.1 Å². The summed E-state index contributed by atoms with van der Waals surface area (Å²) in [5, 5.41) is 3.01. The molecule has 0 aliphatic heterocycles. The van der Waals surface area contributed by atoms with Crippen LogP contribution >= 0.6 is 0 Å². The zero-order chi connectivity index (χ0) is 23.4. The van der Waals surface area contributed by atoms with E-state index in [1.165, 1.54) is 0 Å². The van der Waals surface area contributed by atoms with Crippen LogP contribution in [0.5, 0.6) is 17.2 Å². The number of nitrogens with one attached hydrogen (secondary N) is 1. The van der Waals surface area contributed by atoms with E-state index in [1.54, 1.807) is 38.5 Å². The van der Waals surface area contributed by atoms with Crippen LogP contribution in [0.4, 0.5) is 0 Å². The average molecular weight is 446 g/mol. The number of nitrogens with zero attached hydrogens (tertiary/aromatic N) is 2. The van der Waals surface area contributed by atoms with Gasteiger partial charge in [0.05, 0.1) is 26.0 Å². The van der Waals surface area contributed by atoms with Gasteiger partial charge < -0.3 is 23.9 Å². The second-order valence-corrected chi connectivity index (χ2v) is 7.77. The number of hydrogen-bond donors (Lipinski definition) is 1. The molecule has 1 N–H and O–H groups in total. The van der Waals surface area contributed by atoms with Crippen LogP contribution in [0.15, 0.2) is 67.0 Å². The third-order valence-electron chi connectivity index (χ3n) is 5.48. The summed E-state index contributed by atoms with van der Waals surface area (Å²) in [4.78, 5) is 17.4. The Morgan fingerprint density at radius 2 is 1.82 bits per heavy atom. The highest BCUT2D eigenvalue weighted by Crippen LogP contribution is 2.29. The van der Waals surface area contributed by atoms with E-state index in [2.05, 4.69) is 10.3 Å². The van der Waals surface area contributed by atoms with Crippen LogP contribution in [0.3, 0.4) is 0 Å². The second kappa shape index (κ2) is 9.65. The lowest BCUT2D eigenvalue weighted by atomic mass is 10.1. The summed E-state index contributed by atoms with van der Waals surface area (Å²) in [7, 11) is 3.21. The van der Waals surface area contributed by atoms with Crippen LogP contribution < -0.4 is 19.5 Å². The number of aromatic nitrogens is 2. The standard InChI is InChI=1S/C26H27N3O4/c1-17-6-5-13-29-15-20(28-25(17)29)16-33-21-9-7-19(8-10-21)26(30)27-18(2)23-14-22(31-3)11-12-24(23)32-4/h5-15,18H,16H2,1-4H3,(H,27,30). The smallest absolute Gasteiger partial charge is 0.251 e. The Morgan fingerprint density at radius 1 is 1.06 bits per heavy atom. The number of carbonyl (C=O) groups excluding carboxylic acids is 1. The number of benzene rings is 2. The van der Waals surface area contributed by atoms with E-state index >= 15 is 0 Å². The Bertz CT molecular complexity index is 1260. The summed E-state index contributed by atoms with van der Waals surface area (Å²) in [5.74, 6) is 1.88. The van der Waals surface area contributed by atoms with Crippen molar-refractivity contribution in [1.82, 2.24) is 14.7 Å². The van der Waals surface area contributed by atoms with E-state index in [1.807, 2.05) is 61.0 Å². The first kappa shape index (κ1) is 22.2. The van der Waals surface area contributed by atoms with Gasteiger partial charge in [-0.25, -0.2) is 4.98 Å². The number of pyridine rings is 1. The fraction of sp³-hybridized carbons (Fsp3) is 0.231. The molecule has 7 nitrogen and oxygen atoms in total. The molecule has 2 heterocycles. The predicted octanol–water partition coefficient (Wildman–Crippen LogP) is 4.73. The quantitative estimate of drug-likeness (QED) is 0.424. The van der Waals surface area contributed by atoms with Crippen molar-refractivity contribution in [2.24, 2.45) is 0 Å². The lowest BCUT2D eigenvalue weighted by molar-refractivity contribution is 0.0939. The number of carbonyl (C=O) groups is 1. The van der Waals surface area contributed by atoms with E-state index in [4.69, 9.17) is 14.2 Å². The fourth-order valence-corrected chi connectivity index (χ4v) is 3.67. The van der Waals surface area contributed by atoms with Crippen molar-refractivity contribution in [1.29, 1.82) is 0 Å². The molecule has 1 amide bonds. The minimum absolute atomic E-state index is 0.185. The van der Waals surface area contributed by atoms with Crippen LogP contribution in [0.2, 0.25) is 0 Å². The van der Waals surface area contributed by atoms with Crippen molar-refractivity contribution >= 4 is 11.6 Å². The van der Waals surface area contributed by atoms with Crippen molar-refractivity contribution in [2.45, 2.75) is 26.5 Å². The largest absolute Gasteiger partial charge is 0.497 e. The number of aryl methyl sites for hydroxylation is 1. The van der Waals surface area contributed by atoms with Gasteiger partial charge in [0.25, 0.3) is 5.91 Å². The molecule has 0 saturated carbocycles. The third-order valence-corrected chi connectivity index (χ3v) is 5.48. The van der Waals surface area contributed by atoms with Gasteiger partial charge in [0, 0.05) is 23.5 Å². The molecule has 33 heavy (non-hydrogen) atoms. The SMILES string of the molecule is COc1ccc(OC)c(C(C)NC(=O)c2ccc(OCc3cn4cccc(C)c4n3)cc2)c1. The number of imidazole rings is 1. The Hall–Kier alpha value is -4.00.